The molecule has 1 aromatic carbocycles. The minimum absolute atomic E-state index is 0.580. The van der Waals surface area contributed by atoms with Crippen LogP contribution in [0.5, 0.6) is 0 Å². The van der Waals surface area contributed by atoms with E-state index in [1.54, 1.807) is 0 Å². The first-order valence-electron chi connectivity index (χ1n) is 7.29. The summed E-state index contributed by atoms with van der Waals surface area (Å²) in [5, 5.41) is 11.0. The fourth-order valence-electron chi connectivity index (χ4n) is 3.43. The molecule has 100 valence electrons. The van der Waals surface area contributed by atoms with Gasteiger partial charge in [0.1, 0.15) is 0 Å². The van der Waals surface area contributed by atoms with Gasteiger partial charge in [-0.25, -0.2) is 0 Å². The molecule has 0 saturated heterocycles. The van der Waals surface area contributed by atoms with Gasteiger partial charge in [0, 0.05) is 0 Å². The van der Waals surface area contributed by atoms with Crippen LogP contribution in [0.15, 0.2) is 24.3 Å². The maximum absolute atomic E-state index is 11.0. The van der Waals surface area contributed by atoms with Crippen molar-refractivity contribution in [3.8, 4) is 0 Å². The first-order chi connectivity index (χ1) is 8.49. The average Bonchev–Trinajstić information content (AvgIpc) is 2.28. The van der Waals surface area contributed by atoms with Crippen LogP contribution < -0.4 is 0 Å². The van der Waals surface area contributed by atoms with Crippen molar-refractivity contribution >= 4 is 0 Å². The van der Waals surface area contributed by atoms with E-state index in [0.717, 1.165) is 30.7 Å². The molecular weight excluding hydrogens is 220 g/mol. The summed E-state index contributed by atoms with van der Waals surface area (Å²) in [7, 11) is 0. The van der Waals surface area contributed by atoms with Gasteiger partial charge in [-0.1, -0.05) is 50.1 Å². The summed E-state index contributed by atoms with van der Waals surface area (Å²) in [6.45, 7) is 6.65. The van der Waals surface area contributed by atoms with E-state index in [9.17, 15) is 5.11 Å². The Bertz CT molecular complexity index is 396. The molecule has 0 radical (unpaired) electrons. The van der Waals surface area contributed by atoms with E-state index in [1.165, 1.54) is 18.4 Å². The molecule has 2 atom stereocenters. The third-order valence-corrected chi connectivity index (χ3v) is 4.19. The van der Waals surface area contributed by atoms with E-state index in [-0.39, 0.29) is 0 Å². The van der Waals surface area contributed by atoms with Gasteiger partial charge in [-0.2, -0.15) is 0 Å². The Labute approximate surface area is 111 Å². The zero-order chi connectivity index (χ0) is 13.2. The smallest absolute Gasteiger partial charge is 0.0899 e. The van der Waals surface area contributed by atoms with Crippen molar-refractivity contribution in [1.29, 1.82) is 0 Å². The minimum atomic E-state index is -0.580. The molecule has 0 aliphatic heterocycles. The highest BCUT2D eigenvalue weighted by Gasteiger charge is 2.35. The third kappa shape index (κ3) is 3.14. The number of benzene rings is 1. The predicted molar refractivity (Wildman–Crippen MR) is 76.5 cm³/mol. The molecule has 2 rings (SSSR count). The number of aliphatic hydroxyl groups is 1. The highest BCUT2D eigenvalue weighted by molar-refractivity contribution is 5.28. The number of hydrogen-bond donors (Lipinski definition) is 1. The molecule has 1 fully saturated rings. The molecule has 0 aromatic heterocycles. The number of hydrogen-bond acceptors (Lipinski definition) is 1. The summed E-state index contributed by atoms with van der Waals surface area (Å²) >= 11 is 0. The van der Waals surface area contributed by atoms with Gasteiger partial charge in [-0.15, -0.1) is 0 Å². The Hall–Kier alpha value is -0.820. The van der Waals surface area contributed by atoms with Gasteiger partial charge in [0.05, 0.1) is 5.60 Å². The second kappa shape index (κ2) is 5.44. The normalized spacial score (nSPS) is 28.6. The molecule has 18 heavy (non-hydrogen) atoms. The van der Waals surface area contributed by atoms with E-state index in [1.807, 2.05) is 0 Å². The highest BCUT2D eigenvalue weighted by atomic mass is 16.3. The molecule has 0 heterocycles. The SMILES string of the molecule is Cc1cccc(C2(O)CCCC(CC(C)C)C2)c1. The summed E-state index contributed by atoms with van der Waals surface area (Å²) in [5.41, 5.74) is 1.78. The Kier molecular flexibility index (Phi) is 4.11. The number of rotatable bonds is 3. The molecular formula is C17H26O. The second-order valence-corrected chi connectivity index (χ2v) is 6.49. The van der Waals surface area contributed by atoms with Crippen LogP contribution in [-0.2, 0) is 5.60 Å². The van der Waals surface area contributed by atoms with Crippen molar-refractivity contribution in [3.63, 3.8) is 0 Å². The molecule has 1 aliphatic rings. The van der Waals surface area contributed by atoms with Gasteiger partial charge in [0.25, 0.3) is 0 Å². The second-order valence-electron chi connectivity index (χ2n) is 6.49. The maximum atomic E-state index is 11.0. The van der Waals surface area contributed by atoms with Gasteiger partial charge in [-0.05, 0) is 50.0 Å². The van der Waals surface area contributed by atoms with Crippen molar-refractivity contribution in [2.45, 2.75) is 58.5 Å². The summed E-state index contributed by atoms with van der Waals surface area (Å²) in [5.74, 6) is 1.42. The fraction of sp³-hybridized carbons (Fsp3) is 0.647. The predicted octanol–water partition coefficient (Wildman–Crippen LogP) is 4.42. The molecule has 0 amide bonds. The van der Waals surface area contributed by atoms with E-state index >= 15 is 0 Å². The van der Waals surface area contributed by atoms with Crippen LogP contribution in [0.1, 0.15) is 57.1 Å². The molecule has 0 spiro atoms. The zero-order valence-corrected chi connectivity index (χ0v) is 11.9. The quantitative estimate of drug-likeness (QED) is 0.837. The van der Waals surface area contributed by atoms with Crippen LogP contribution in [0.3, 0.4) is 0 Å². The first kappa shape index (κ1) is 13.6. The third-order valence-electron chi connectivity index (χ3n) is 4.19. The average molecular weight is 246 g/mol. The molecule has 0 bridgehead atoms. The standard InChI is InChI=1S/C17H26O/c1-13(2)10-15-7-5-9-17(18,12-15)16-8-4-6-14(3)11-16/h4,6,8,11,13,15,18H,5,7,9-10,12H2,1-3H3. The first-order valence-corrected chi connectivity index (χ1v) is 7.29. The van der Waals surface area contributed by atoms with Crippen molar-refractivity contribution in [1.82, 2.24) is 0 Å². The monoisotopic (exact) mass is 246 g/mol. The lowest BCUT2D eigenvalue weighted by atomic mass is 9.72. The van der Waals surface area contributed by atoms with E-state index in [0.29, 0.717) is 5.92 Å². The lowest BCUT2D eigenvalue weighted by molar-refractivity contribution is -0.0245. The van der Waals surface area contributed by atoms with Crippen LogP contribution in [0.2, 0.25) is 0 Å². The maximum Gasteiger partial charge on any atom is 0.0899 e. The molecule has 1 aromatic rings. The highest BCUT2D eigenvalue weighted by Crippen LogP contribution is 2.42. The lowest BCUT2D eigenvalue weighted by Crippen LogP contribution is -2.33. The summed E-state index contributed by atoms with van der Waals surface area (Å²) < 4.78 is 0. The zero-order valence-electron chi connectivity index (χ0n) is 11.9. The minimum Gasteiger partial charge on any atom is -0.385 e. The van der Waals surface area contributed by atoms with Crippen molar-refractivity contribution in [2.75, 3.05) is 0 Å². The van der Waals surface area contributed by atoms with Gasteiger partial charge in [0.2, 0.25) is 0 Å². The largest absolute Gasteiger partial charge is 0.385 e. The lowest BCUT2D eigenvalue weighted by Gasteiger charge is -2.38. The van der Waals surface area contributed by atoms with Gasteiger partial charge >= 0.3 is 0 Å². The van der Waals surface area contributed by atoms with E-state index in [2.05, 4.69) is 45.0 Å². The molecule has 1 aliphatic carbocycles. The van der Waals surface area contributed by atoms with E-state index in [4.69, 9.17) is 0 Å². The topological polar surface area (TPSA) is 20.2 Å². The molecule has 2 unspecified atom stereocenters. The molecule has 1 saturated carbocycles. The Morgan fingerprint density at radius 1 is 1.39 bits per heavy atom. The molecule has 1 N–H and O–H groups in total. The van der Waals surface area contributed by atoms with Crippen LogP contribution >= 0.6 is 0 Å². The van der Waals surface area contributed by atoms with Crippen LogP contribution in [0.25, 0.3) is 0 Å². The molecule has 1 nitrogen and oxygen atoms in total. The Morgan fingerprint density at radius 2 is 2.17 bits per heavy atom. The summed E-state index contributed by atoms with van der Waals surface area (Å²) in [6, 6.07) is 8.40. The van der Waals surface area contributed by atoms with Gasteiger partial charge < -0.3 is 5.11 Å². The summed E-state index contributed by atoms with van der Waals surface area (Å²) in [6.07, 6.45) is 5.54. The Balaban J connectivity index is 2.15. The fourth-order valence-corrected chi connectivity index (χ4v) is 3.43. The Morgan fingerprint density at radius 3 is 2.83 bits per heavy atom. The van der Waals surface area contributed by atoms with Crippen LogP contribution in [-0.4, -0.2) is 5.11 Å². The molecule has 1 heteroatoms. The van der Waals surface area contributed by atoms with Crippen molar-refractivity contribution in [2.24, 2.45) is 11.8 Å². The van der Waals surface area contributed by atoms with Crippen molar-refractivity contribution < 1.29 is 5.11 Å². The number of aryl methyl sites for hydroxylation is 1. The van der Waals surface area contributed by atoms with Gasteiger partial charge in [0.15, 0.2) is 0 Å². The summed E-state index contributed by atoms with van der Waals surface area (Å²) in [4.78, 5) is 0. The van der Waals surface area contributed by atoms with Crippen LogP contribution in [0, 0.1) is 18.8 Å². The van der Waals surface area contributed by atoms with Crippen LogP contribution in [0.4, 0.5) is 0 Å². The van der Waals surface area contributed by atoms with Gasteiger partial charge in [-0.3, -0.25) is 0 Å². The van der Waals surface area contributed by atoms with Crippen molar-refractivity contribution in [3.05, 3.63) is 35.4 Å². The van der Waals surface area contributed by atoms with E-state index < -0.39 is 5.60 Å².